The number of nitrogens with zero attached hydrogens (tertiary/aromatic N) is 2. The van der Waals surface area contributed by atoms with Crippen LogP contribution in [0.4, 0.5) is 17.3 Å². The van der Waals surface area contributed by atoms with Crippen molar-refractivity contribution in [3.05, 3.63) is 45.9 Å². The Balaban J connectivity index is 2.03. The van der Waals surface area contributed by atoms with Gasteiger partial charge in [-0.3, -0.25) is 0 Å². The van der Waals surface area contributed by atoms with Crippen LogP contribution in [0.5, 0.6) is 0 Å². The van der Waals surface area contributed by atoms with Crippen LogP contribution in [0.1, 0.15) is 24.2 Å². The van der Waals surface area contributed by atoms with Gasteiger partial charge in [0.05, 0.1) is 33.0 Å². The number of rotatable bonds is 6. The maximum atomic E-state index is 11.7. The Morgan fingerprint density at radius 2 is 1.96 bits per heavy atom. The van der Waals surface area contributed by atoms with E-state index in [2.05, 4.69) is 15.3 Å². The molecule has 0 aliphatic rings. The van der Waals surface area contributed by atoms with Crippen LogP contribution in [0.2, 0.25) is 10.0 Å². The predicted molar refractivity (Wildman–Crippen MR) is 106 cm³/mol. The Kier molecular flexibility index (Phi) is 5.25. The van der Waals surface area contributed by atoms with E-state index in [0.717, 1.165) is 0 Å². The average molecular weight is 393 g/mol. The lowest BCUT2D eigenvalue weighted by molar-refractivity contribution is 0.0697. The summed E-state index contributed by atoms with van der Waals surface area (Å²) in [6.07, 6.45) is 0. The standard InChI is InChI=1S/C18H18Cl2N4O2/c1-3-24(4-2)16-9-15-14(8-11(16)17(25)26)22-18(23-15)21-13-6-5-10(19)7-12(13)20/h5-9H,3-4H2,1-2H3,(H,25,26)(H2,21,22,23). The number of hydrogen-bond donors (Lipinski definition) is 3. The molecule has 0 aliphatic carbocycles. The number of anilines is 3. The molecule has 0 radical (unpaired) electrons. The molecule has 3 aromatic rings. The van der Waals surface area contributed by atoms with Crippen LogP contribution in [-0.2, 0) is 0 Å². The third-order valence-electron chi connectivity index (χ3n) is 4.12. The molecule has 0 aliphatic heterocycles. The summed E-state index contributed by atoms with van der Waals surface area (Å²) >= 11 is 12.1. The lowest BCUT2D eigenvalue weighted by Crippen LogP contribution is -2.24. The fourth-order valence-corrected chi connectivity index (χ4v) is 3.28. The van der Waals surface area contributed by atoms with Gasteiger partial charge in [-0.1, -0.05) is 23.2 Å². The number of fused-ring (bicyclic) bond motifs is 1. The molecule has 6 nitrogen and oxygen atoms in total. The van der Waals surface area contributed by atoms with Gasteiger partial charge in [0, 0.05) is 18.1 Å². The monoisotopic (exact) mass is 392 g/mol. The van der Waals surface area contributed by atoms with Crippen LogP contribution in [0.3, 0.4) is 0 Å². The van der Waals surface area contributed by atoms with Crippen LogP contribution in [0.25, 0.3) is 11.0 Å². The first-order valence-corrected chi connectivity index (χ1v) is 8.92. The minimum atomic E-state index is -0.973. The first kappa shape index (κ1) is 18.4. The molecule has 0 spiro atoms. The van der Waals surface area contributed by atoms with E-state index in [-0.39, 0.29) is 5.56 Å². The highest BCUT2D eigenvalue weighted by Gasteiger charge is 2.17. The van der Waals surface area contributed by atoms with E-state index >= 15 is 0 Å². The van der Waals surface area contributed by atoms with Crippen molar-refractivity contribution in [1.29, 1.82) is 0 Å². The molecule has 26 heavy (non-hydrogen) atoms. The Morgan fingerprint density at radius 3 is 2.58 bits per heavy atom. The van der Waals surface area contributed by atoms with Crippen molar-refractivity contribution in [1.82, 2.24) is 9.97 Å². The topological polar surface area (TPSA) is 81.2 Å². The average Bonchev–Trinajstić information content (AvgIpc) is 2.99. The second kappa shape index (κ2) is 7.43. The Bertz CT molecular complexity index is 967. The highest BCUT2D eigenvalue weighted by atomic mass is 35.5. The first-order valence-electron chi connectivity index (χ1n) is 8.17. The van der Waals surface area contributed by atoms with Crippen molar-refractivity contribution in [2.24, 2.45) is 0 Å². The second-order valence-corrected chi connectivity index (χ2v) is 6.54. The molecule has 2 aromatic carbocycles. The summed E-state index contributed by atoms with van der Waals surface area (Å²) in [5, 5.41) is 13.7. The van der Waals surface area contributed by atoms with Crippen LogP contribution in [-0.4, -0.2) is 34.1 Å². The third kappa shape index (κ3) is 3.57. The van der Waals surface area contributed by atoms with Gasteiger partial charge in [-0.05, 0) is 44.2 Å². The highest BCUT2D eigenvalue weighted by molar-refractivity contribution is 6.36. The highest BCUT2D eigenvalue weighted by Crippen LogP contribution is 2.30. The minimum Gasteiger partial charge on any atom is -0.478 e. The van der Waals surface area contributed by atoms with Gasteiger partial charge < -0.3 is 20.3 Å². The zero-order valence-corrected chi connectivity index (χ0v) is 15.8. The van der Waals surface area contributed by atoms with Gasteiger partial charge >= 0.3 is 5.97 Å². The number of benzene rings is 2. The lowest BCUT2D eigenvalue weighted by Gasteiger charge is -2.22. The van der Waals surface area contributed by atoms with Gasteiger partial charge in [-0.25, -0.2) is 9.78 Å². The molecular formula is C18H18Cl2N4O2. The second-order valence-electron chi connectivity index (χ2n) is 5.70. The van der Waals surface area contributed by atoms with Gasteiger partial charge in [0.25, 0.3) is 0 Å². The summed E-state index contributed by atoms with van der Waals surface area (Å²) in [5.41, 5.74) is 2.84. The number of carboxylic acid groups (broad SMARTS) is 1. The molecule has 0 saturated carbocycles. The fraction of sp³-hybridized carbons (Fsp3) is 0.222. The number of carbonyl (C=O) groups is 1. The number of aromatic nitrogens is 2. The largest absolute Gasteiger partial charge is 0.478 e. The lowest BCUT2D eigenvalue weighted by atomic mass is 10.1. The van der Waals surface area contributed by atoms with Crippen molar-refractivity contribution >= 4 is 57.5 Å². The maximum Gasteiger partial charge on any atom is 0.337 e. The van der Waals surface area contributed by atoms with Crippen molar-refractivity contribution in [2.45, 2.75) is 13.8 Å². The van der Waals surface area contributed by atoms with Gasteiger partial charge in [-0.15, -0.1) is 0 Å². The van der Waals surface area contributed by atoms with E-state index in [1.807, 2.05) is 18.7 Å². The molecule has 3 N–H and O–H groups in total. The van der Waals surface area contributed by atoms with Crippen LogP contribution in [0, 0.1) is 0 Å². The summed E-state index contributed by atoms with van der Waals surface area (Å²) in [6.45, 7) is 5.38. The van der Waals surface area contributed by atoms with Gasteiger partial charge in [-0.2, -0.15) is 0 Å². The molecule has 0 fully saturated rings. The summed E-state index contributed by atoms with van der Waals surface area (Å²) in [5.74, 6) is -0.504. The number of aromatic carboxylic acids is 1. The van der Waals surface area contributed by atoms with Crippen molar-refractivity contribution in [2.75, 3.05) is 23.3 Å². The molecule has 0 atom stereocenters. The first-order chi connectivity index (χ1) is 12.4. The Labute approximate surface area is 160 Å². The van der Waals surface area contributed by atoms with Crippen LogP contribution >= 0.6 is 23.2 Å². The van der Waals surface area contributed by atoms with E-state index in [4.69, 9.17) is 23.2 Å². The quantitative estimate of drug-likeness (QED) is 0.539. The normalized spacial score (nSPS) is 10.9. The molecule has 136 valence electrons. The smallest absolute Gasteiger partial charge is 0.337 e. The van der Waals surface area contributed by atoms with E-state index in [1.54, 1.807) is 30.3 Å². The third-order valence-corrected chi connectivity index (χ3v) is 4.67. The van der Waals surface area contributed by atoms with E-state index < -0.39 is 5.97 Å². The van der Waals surface area contributed by atoms with E-state index in [9.17, 15) is 9.90 Å². The number of carboxylic acids is 1. The molecule has 1 aromatic heterocycles. The number of halogens is 2. The number of nitrogens with one attached hydrogen (secondary N) is 2. The summed E-state index contributed by atoms with van der Waals surface area (Å²) in [6, 6.07) is 8.50. The molecule has 3 rings (SSSR count). The maximum absolute atomic E-state index is 11.7. The Hall–Kier alpha value is -2.44. The fourth-order valence-electron chi connectivity index (χ4n) is 2.82. The van der Waals surface area contributed by atoms with Gasteiger partial charge in [0.1, 0.15) is 0 Å². The van der Waals surface area contributed by atoms with Crippen molar-refractivity contribution in [3.8, 4) is 0 Å². The molecule has 0 bridgehead atoms. The zero-order chi connectivity index (χ0) is 18.8. The predicted octanol–water partition coefficient (Wildman–Crippen LogP) is 5.16. The summed E-state index contributed by atoms with van der Waals surface area (Å²) in [4.78, 5) is 21.2. The SMILES string of the molecule is CCN(CC)c1cc2nc(Nc3ccc(Cl)cc3Cl)[nH]c2cc1C(=O)O. The summed E-state index contributed by atoms with van der Waals surface area (Å²) < 4.78 is 0. The zero-order valence-electron chi connectivity index (χ0n) is 14.3. The molecule has 8 heteroatoms. The number of H-pyrrole nitrogens is 1. The van der Waals surface area contributed by atoms with E-state index in [1.165, 1.54) is 0 Å². The molecule has 0 amide bonds. The molecular weight excluding hydrogens is 375 g/mol. The Morgan fingerprint density at radius 1 is 1.23 bits per heavy atom. The molecule has 1 heterocycles. The molecule has 0 unspecified atom stereocenters. The van der Waals surface area contributed by atoms with Crippen LogP contribution < -0.4 is 10.2 Å². The van der Waals surface area contributed by atoms with E-state index in [0.29, 0.717) is 51.5 Å². The minimum absolute atomic E-state index is 0.237. The number of hydrogen-bond acceptors (Lipinski definition) is 4. The molecule has 0 saturated heterocycles. The van der Waals surface area contributed by atoms with Gasteiger partial charge in [0.2, 0.25) is 5.95 Å². The number of imidazole rings is 1. The summed E-state index contributed by atoms with van der Waals surface area (Å²) in [7, 11) is 0. The van der Waals surface area contributed by atoms with Crippen LogP contribution in [0.15, 0.2) is 30.3 Å². The van der Waals surface area contributed by atoms with Crippen molar-refractivity contribution in [3.63, 3.8) is 0 Å². The number of aromatic amines is 1. The van der Waals surface area contributed by atoms with Gasteiger partial charge in [0.15, 0.2) is 0 Å². The van der Waals surface area contributed by atoms with Crippen molar-refractivity contribution < 1.29 is 9.90 Å².